The molecule has 4 rings (SSSR count). The summed E-state index contributed by atoms with van der Waals surface area (Å²) in [6.45, 7) is 0.0505. The number of halogens is 2. The quantitative estimate of drug-likeness (QED) is 0.580. The number of anilines is 1. The van der Waals surface area contributed by atoms with Crippen LogP contribution in [0.3, 0.4) is 0 Å². The maximum absolute atomic E-state index is 13.8. The first-order chi connectivity index (χ1) is 14.5. The number of carbonyl (C=O) groups is 2. The van der Waals surface area contributed by atoms with Crippen LogP contribution in [-0.4, -0.2) is 17.9 Å². The summed E-state index contributed by atoms with van der Waals surface area (Å²) in [7, 11) is 0. The number of hydrogen-bond acceptors (Lipinski definition) is 3. The SMILES string of the molecule is O=C(NCc1cc(Br)ccc1F)c1cccc(NC(=O)C2Cc3ccccc3O2)c1. The molecule has 0 spiro atoms. The predicted molar refractivity (Wildman–Crippen MR) is 115 cm³/mol. The van der Waals surface area contributed by atoms with E-state index in [4.69, 9.17) is 4.74 Å². The Hall–Kier alpha value is -3.19. The standard InChI is InChI=1S/C23H18BrFN2O3/c24-17-8-9-19(25)16(10-17)13-26-22(28)15-5-3-6-18(11-15)27-23(29)21-12-14-4-1-2-7-20(14)30-21/h1-11,21H,12-13H2,(H,26,28)(H,27,29). The number of carbonyl (C=O) groups excluding carboxylic acids is 2. The van der Waals surface area contributed by atoms with Gasteiger partial charge in [-0.2, -0.15) is 0 Å². The summed E-state index contributed by atoms with van der Waals surface area (Å²) in [6, 6.07) is 18.7. The smallest absolute Gasteiger partial charge is 0.265 e. The summed E-state index contributed by atoms with van der Waals surface area (Å²) in [6.07, 6.45) is -0.111. The minimum absolute atomic E-state index is 0.0505. The van der Waals surface area contributed by atoms with Crippen molar-refractivity contribution >= 4 is 33.4 Å². The Kier molecular flexibility index (Phi) is 5.81. The van der Waals surface area contributed by atoms with E-state index in [1.54, 1.807) is 36.4 Å². The third-order valence-corrected chi connectivity index (χ3v) is 5.27. The highest BCUT2D eigenvalue weighted by Gasteiger charge is 2.28. The third kappa shape index (κ3) is 4.52. The summed E-state index contributed by atoms with van der Waals surface area (Å²) < 4.78 is 20.3. The minimum atomic E-state index is -0.612. The van der Waals surface area contributed by atoms with E-state index >= 15 is 0 Å². The van der Waals surface area contributed by atoms with Crippen molar-refractivity contribution in [3.05, 3.63) is 93.7 Å². The van der Waals surface area contributed by atoms with Gasteiger partial charge in [0, 0.05) is 34.3 Å². The van der Waals surface area contributed by atoms with Crippen LogP contribution in [0.2, 0.25) is 0 Å². The van der Waals surface area contributed by atoms with Crippen molar-refractivity contribution in [1.29, 1.82) is 0 Å². The van der Waals surface area contributed by atoms with Crippen LogP contribution in [0.1, 0.15) is 21.5 Å². The van der Waals surface area contributed by atoms with Gasteiger partial charge in [0.05, 0.1) is 0 Å². The Morgan fingerprint density at radius 1 is 1.07 bits per heavy atom. The molecule has 1 aliphatic heterocycles. The lowest BCUT2D eigenvalue weighted by molar-refractivity contribution is -0.122. The fourth-order valence-corrected chi connectivity index (χ4v) is 3.65. The number of para-hydroxylation sites is 1. The van der Waals surface area contributed by atoms with Crippen molar-refractivity contribution in [2.45, 2.75) is 19.1 Å². The van der Waals surface area contributed by atoms with Crippen LogP contribution in [0.5, 0.6) is 5.75 Å². The van der Waals surface area contributed by atoms with Gasteiger partial charge in [0.25, 0.3) is 11.8 Å². The van der Waals surface area contributed by atoms with Crippen molar-refractivity contribution in [1.82, 2.24) is 5.32 Å². The summed E-state index contributed by atoms with van der Waals surface area (Å²) in [5.41, 5.74) is 2.21. The lowest BCUT2D eigenvalue weighted by Crippen LogP contribution is -2.31. The highest BCUT2D eigenvalue weighted by atomic mass is 79.9. The minimum Gasteiger partial charge on any atom is -0.480 e. The van der Waals surface area contributed by atoms with E-state index in [0.29, 0.717) is 29.0 Å². The normalized spacial score (nSPS) is 14.5. The number of hydrogen-bond donors (Lipinski definition) is 2. The van der Waals surface area contributed by atoms with Crippen molar-refractivity contribution in [3.63, 3.8) is 0 Å². The molecule has 7 heteroatoms. The largest absolute Gasteiger partial charge is 0.480 e. The van der Waals surface area contributed by atoms with Crippen LogP contribution in [0.15, 0.2) is 71.2 Å². The van der Waals surface area contributed by atoms with E-state index in [0.717, 1.165) is 10.0 Å². The van der Waals surface area contributed by atoms with E-state index in [2.05, 4.69) is 26.6 Å². The van der Waals surface area contributed by atoms with E-state index in [1.165, 1.54) is 6.07 Å². The monoisotopic (exact) mass is 468 g/mol. The second-order valence-corrected chi connectivity index (χ2v) is 7.82. The molecule has 1 heterocycles. The lowest BCUT2D eigenvalue weighted by atomic mass is 10.1. The van der Waals surface area contributed by atoms with Gasteiger partial charge in [-0.25, -0.2) is 4.39 Å². The maximum Gasteiger partial charge on any atom is 0.265 e. The van der Waals surface area contributed by atoms with Gasteiger partial charge in [-0.3, -0.25) is 9.59 Å². The van der Waals surface area contributed by atoms with Gasteiger partial charge < -0.3 is 15.4 Å². The van der Waals surface area contributed by atoms with Crippen LogP contribution in [0.4, 0.5) is 10.1 Å². The molecule has 0 bridgehead atoms. The number of amides is 2. The van der Waals surface area contributed by atoms with Gasteiger partial charge >= 0.3 is 0 Å². The molecule has 0 saturated heterocycles. The zero-order valence-electron chi connectivity index (χ0n) is 15.8. The van der Waals surface area contributed by atoms with Crippen molar-refractivity contribution in [3.8, 4) is 5.75 Å². The molecule has 5 nitrogen and oxygen atoms in total. The average Bonchev–Trinajstić information content (AvgIpc) is 3.19. The van der Waals surface area contributed by atoms with Crippen molar-refractivity contribution < 1.29 is 18.7 Å². The van der Waals surface area contributed by atoms with Gasteiger partial charge in [-0.05, 0) is 48.0 Å². The van der Waals surface area contributed by atoms with Crippen LogP contribution in [-0.2, 0) is 17.8 Å². The van der Waals surface area contributed by atoms with Gasteiger partial charge in [0.1, 0.15) is 11.6 Å². The van der Waals surface area contributed by atoms with Crippen LogP contribution < -0.4 is 15.4 Å². The van der Waals surface area contributed by atoms with Crippen molar-refractivity contribution in [2.75, 3.05) is 5.32 Å². The first-order valence-electron chi connectivity index (χ1n) is 9.37. The second-order valence-electron chi connectivity index (χ2n) is 6.91. The predicted octanol–water partition coefficient (Wildman–Crippen LogP) is 4.46. The molecule has 30 heavy (non-hydrogen) atoms. The van der Waals surface area contributed by atoms with Crippen LogP contribution in [0.25, 0.3) is 0 Å². The molecule has 2 N–H and O–H groups in total. The summed E-state index contributed by atoms with van der Waals surface area (Å²) in [5.74, 6) is -0.322. The summed E-state index contributed by atoms with van der Waals surface area (Å²) in [5, 5.41) is 5.49. The average molecular weight is 469 g/mol. The van der Waals surface area contributed by atoms with E-state index < -0.39 is 11.9 Å². The molecular formula is C23H18BrFN2O3. The van der Waals surface area contributed by atoms with Gasteiger partial charge in [-0.15, -0.1) is 0 Å². The van der Waals surface area contributed by atoms with Gasteiger partial charge in [0.2, 0.25) is 0 Å². The summed E-state index contributed by atoms with van der Waals surface area (Å²) >= 11 is 3.29. The fraction of sp³-hybridized carbons (Fsp3) is 0.130. The molecule has 152 valence electrons. The molecule has 1 atom stereocenters. The third-order valence-electron chi connectivity index (χ3n) is 4.78. The molecule has 0 aromatic heterocycles. The number of benzene rings is 3. The van der Waals surface area contributed by atoms with Gasteiger partial charge in [-0.1, -0.05) is 40.2 Å². The maximum atomic E-state index is 13.8. The number of fused-ring (bicyclic) bond motifs is 1. The fourth-order valence-electron chi connectivity index (χ4n) is 3.25. The molecular weight excluding hydrogens is 451 g/mol. The number of ether oxygens (including phenoxy) is 1. The molecule has 2 amide bonds. The van der Waals surface area contributed by atoms with E-state index in [9.17, 15) is 14.0 Å². The first-order valence-corrected chi connectivity index (χ1v) is 10.2. The number of rotatable bonds is 5. The Labute approximate surface area is 181 Å². The molecule has 0 aliphatic carbocycles. The second kappa shape index (κ2) is 8.67. The Morgan fingerprint density at radius 3 is 2.73 bits per heavy atom. The van der Waals surface area contributed by atoms with Gasteiger partial charge in [0.15, 0.2) is 6.10 Å². The number of nitrogens with one attached hydrogen (secondary N) is 2. The molecule has 0 radical (unpaired) electrons. The van der Waals surface area contributed by atoms with Crippen LogP contribution in [0, 0.1) is 5.82 Å². The van der Waals surface area contributed by atoms with E-state index in [-0.39, 0.29) is 18.4 Å². The Morgan fingerprint density at radius 2 is 1.90 bits per heavy atom. The molecule has 0 fully saturated rings. The molecule has 3 aromatic carbocycles. The molecule has 1 unspecified atom stereocenters. The van der Waals surface area contributed by atoms with Crippen molar-refractivity contribution in [2.24, 2.45) is 0 Å². The highest BCUT2D eigenvalue weighted by molar-refractivity contribution is 9.10. The zero-order valence-corrected chi connectivity index (χ0v) is 17.4. The topological polar surface area (TPSA) is 67.4 Å². The molecule has 0 saturated carbocycles. The zero-order chi connectivity index (χ0) is 21.1. The first kappa shape index (κ1) is 20.1. The lowest BCUT2D eigenvalue weighted by Gasteiger charge is -2.12. The van der Waals surface area contributed by atoms with E-state index in [1.807, 2.05) is 24.3 Å². The highest BCUT2D eigenvalue weighted by Crippen LogP contribution is 2.28. The Bertz CT molecular complexity index is 1090. The summed E-state index contributed by atoms with van der Waals surface area (Å²) in [4.78, 5) is 25.0. The molecule has 1 aliphatic rings. The Balaban J connectivity index is 1.38. The molecule has 3 aromatic rings. The van der Waals surface area contributed by atoms with Crippen LogP contribution >= 0.6 is 15.9 Å².